The first kappa shape index (κ1) is 24.6. The molecule has 3 saturated carbocycles. The summed E-state index contributed by atoms with van der Waals surface area (Å²) in [6, 6.07) is 2.23. The third-order valence-electron chi connectivity index (χ3n) is 11.9. The number of ketones is 1. The molecule has 5 heteroatoms. The molecule has 5 aliphatic carbocycles. The molecule has 3 fully saturated rings. The molecule has 0 aliphatic heterocycles. The Labute approximate surface area is 210 Å². The minimum Gasteiger partial charge on any atom is -0.511 e. The zero-order valence-electron chi connectivity index (χ0n) is 22.3. The number of nitrogens with zero attached hydrogens (tertiary/aromatic N) is 1. The highest BCUT2D eigenvalue weighted by atomic mass is 16.5. The summed E-state index contributed by atoms with van der Waals surface area (Å²) in [4.78, 5) is 27.5. The first-order valence-electron chi connectivity index (χ1n) is 13.4. The molecule has 0 aromatic carbocycles. The predicted octanol–water partition coefficient (Wildman–Crippen LogP) is 6.45. The summed E-state index contributed by atoms with van der Waals surface area (Å²) >= 11 is 0. The number of esters is 1. The molecule has 0 aromatic heterocycles. The molecule has 5 rings (SSSR count). The molecule has 5 aliphatic rings. The Morgan fingerprint density at radius 1 is 1.11 bits per heavy atom. The van der Waals surface area contributed by atoms with Gasteiger partial charge in [-0.15, -0.1) is 0 Å². The predicted molar refractivity (Wildman–Crippen MR) is 133 cm³/mol. The van der Waals surface area contributed by atoms with Crippen molar-refractivity contribution in [1.29, 1.82) is 5.26 Å². The number of hydrogen-bond donors (Lipinski definition) is 1. The van der Waals surface area contributed by atoms with E-state index in [9.17, 15) is 20.0 Å². The Morgan fingerprint density at radius 2 is 1.80 bits per heavy atom. The van der Waals surface area contributed by atoms with Gasteiger partial charge in [0.15, 0.2) is 5.78 Å². The lowest BCUT2D eigenvalue weighted by molar-refractivity contribution is -0.190. The van der Waals surface area contributed by atoms with Crippen molar-refractivity contribution in [2.45, 2.75) is 92.4 Å². The number of carbonyl (C=O) groups excluding carboxylic acids is 2. The third kappa shape index (κ3) is 3.04. The van der Waals surface area contributed by atoms with E-state index in [2.05, 4.69) is 40.7 Å². The molecule has 0 amide bonds. The second kappa shape index (κ2) is 7.46. The third-order valence-corrected chi connectivity index (χ3v) is 11.9. The van der Waals surface area contributed by atoms with Gasteiger partial charge < -0.3 is 9.84 Å². The summed E-state index contributed by atoms with van der Waals surface area (Å²) < 4.78 is 5.39. The molecule has 0 bridgehead atoms. The van der Waals surface area contributed by atoms with E-state index in [-0.39, 0.29) is 56.9 Å². The first-order chi connectivity index (χ1) is 16.3. The van der Waals surface area contributed by atoms with E-state index < -0.39 is 5.41 Å². The van der Waals surface area contributed by atoms with Crippen LogP contribution in [0, 0.1) is 56.2 Å². The number of aliphatic hydroxyl groups excluding tert-OH is 1. The van der Waals surface area contributed by atoms with E-state index in [1.54, 1.807) is 0 Å². The van der Waals surface area contributed by atoms with E-state index in [1.807, 2.05) is 6.08 Å². The van der Waals surface area contributed by atoms with Gasteiger partial charge in [-0.3, -0.25) is 9.59 Å². The number of aliphatic hydroxyl groups is 1. The highest BCUT2D eigenvalue weighted by molar-refractivity contribution is 5.96. The lowest BCUT2D eigenvalue weighted by Gasteiger charge is -2.68. The van der Waals surface area contributed by atoms with Crippen molar-refractivity contribution in [2.24, 2.45) is 44.8 Å². The number of rotatable bonds is 1. The summed E-state index contributed by atoms with van der Waals surface area (Å²) in [7, 11) is 1.49. The molecule has 0 heterocycles. The fourth-order valence-corrected chi connectivity index (χ4v) is 9.57. The van der Waals surface area contributed by atoms with E-state index in [1.165, 1.54) is 12.7 Å². The van der Waals surface area contributed by atoms with Gasteiger partial charge in [0.05, 0.1) is 24.2 Å². The number of nitriles is 1. The van der Waals surface area contributed by atoms with Crippen molar-refractivity contribution < 1.29 is 19.4 Å². The maximum Gasteiger partial charge on any atom is 0.312 e. The normalized spacial score (nSPS) is 46.3. The minimum atomic E-state index is -0.569. The fraction of sp³-hybridized carbons (Fsp3) is 0.767. The van der Waals surface area contributed by atoms with Crippen molar-refractivity contribution in [3.05, 3.63) is 23.0 Å². The molecule has 0 radical (unpaired) electrons. The van der Waals surface area contributed by atoms with Crippen LogP contribution in [0.3, 0.4) is 0 Å². The Hall–Kier alpha value is -2.09. The lowest BCUT2D eigenvalue weighted by Crippen LogP contribution is -2.65. The van der Waals surface area contributed by atoms with Crippen LogP contribution in [0.4, 0.5) is 0 Å². The lowest BCUT2D eigenvalue weighted by atomic mass is 9.35. The molecular formula is C30H41NO4. The molecule has 0 saturated heterocycles. The van der Waals surface area contributed by atoms with Crippen LogP contribution in [-0.2, 0) is 14.3 Å². The summed E-state index contributed by atoms with van der Waals surface area (Å²) in [5, 5.41) is 20.2. The van der Waals surface area contributed by atoms with Gasteiger partial charge in [-0.2, -0.15) is 5.26 Å². The van der Waals surface area contributed by atoms with Gasteiger partial charge in [0.1, 0.15) is 5.76 Å². The molecule has 0 unspecified atom stereocenters. The standard InChI is InChI=1S/C30H41NO4/c1-26(2)9-11-30(25(34)35-6)12-10-29(5)24(20(30)16-26)22(33)14-23-27(3)15-18(17-31)21(32)13-19(27)7-8-28(23,29)4/h14,19-20,24,32H,7-13,15-16H2,1-6H3/t19-,20-,24-,27-,28+,29+,30-/m0/s1. The van der Waals surface area contributed by atoms with Crippen molar-refractivity contribution in [3.8, 4) is 6.07 Å². The first-order valence-corrected chi connectivity index (χ1v) is 13.4. The highest BCUT2D eigenvalue weighted by Crippen LogP contribution is 2.74. The monoisotopic (exact) mass is 479 g/mol. The van der Waals surface area contributed by atoms with Gasteiger partial charge in [-0.1, -0.05) is 40.2 Å². The van der Waals surface area contributed by atoms with Crippen molar-refractivity contribution in [2.75, 3.05) is 7.11 Å². The smallest absolute Gasteiger partial charge is 0.312 e. The second-order valence-corrected chi connectivity index (χ2v) is 13.9. The molecule has 1 N–H and O–H groups in total. The van der Waals surface area contributed by atoms with Crippen molar-refractivity contribution in [3.63, 3.8) is 0 Å². The van der Waals surface area contributed by atoms with Crippen LogP contribution in [0.25, 0.3) is 0 Å². The van der Waals surface area contributed by atoms with Crippen molar-refractivity contribution in [1.82, 2.24) is 0 Å². The largest absolute Gasteiger partial charge is 0.511 e. The molecule has 0 aromatic rings. The summed E-state index contributed by atoms with van der Waals surface area (Å²) in [5.74, 6) is 0.278. The van der Waals surface area contributed by atoms with E-state index in [0.29, 0.717) is 18.4 Å². The Balaban J connectivity index is 1.65. The zero-order valence-corrected chi connectivity index (χ0v) is 22.3. The molecule has 5 nitrogen and oxygen atoms in total. The van der Waals surface area contributed by atoms with Gasteiger partial charge >= 0.3 is 5.97 Å². The Morgan fingerprint density at radius 3 is 2.46 bits per heavy atom. The van der Waals surface area contributed by atoms with Crippen LogP contribution in [0.1, 0.15) is 92.4 Å². The molecular weight excluding hydrogens is 438 g/mol. The van der Waals surface area contributed by atoms with Gasteiger partial charge in [0.2, 0.25) is 0 Å². The topological polar surface area (TPSA) is 87.4 Å². The van der Waals surface area contributed by atoms with Crippen LogP contribution in [0.5, 0.6) is 0 Å². The second-order valence-electron chi connectivity index (χ2n) is 13.9. The van der Waals surface area contributed by atoms with Gasteiger partial charge in [0.25, 0.3) is 0 Å². The van der Waals surface area contributed by atoms with Crippen LogP contribution in [-0.4, -0.2) is 24.0 Å². The molecule has 0 spiro atoms. The number of ether oxygens (including phenoxy) is 1. The average Bonchev–Trinajstić information content (AvgIpc) is 2.80. The van der Waals surface area contributed by atoms with E-state index >= 15 is 0 Å². The SMILES string of the molecule is COC(=O)[C@]12CCC(C)(C)C[C@H]1[C@H]1C(=O)C=C3[C@@]4(C)CC(C#N)=C(O)C[C@@H]4CC[C@@]3(C)[C@]1(C)CC2. The summed E-state index contributed by atoms with van der Waals surface area (Å²) in [6.07, 6.45) is 9.12. The summed E-state index contributed by atoms with van der Waals surface area (Å²) in [6.45, 7) is 11.4. The van der Waals surface area contributed by atoms with Crippen LogP contribution >= 0.6 is 0 Å². The maximum absolute atomic E-state index is 14.2. The summed E-state index contributed by atoms with van der Waals surface area (Å²) in [5.41, 5.74) is 0.420. The number of hydrogen-bond acceptors (Lipinski definition) is 5. The van der Waals surface area contributed by atoms with Gasteiger partial charge in [-0.25, -0.2) is 0 Å². The maximum atomic E-state index is 14.2. The van der Waals surface area contributed by atoms with Crippen LogP contribution < -0.4 is 0 Å². The number of carbonyl (C=O) groups is 2. The number of allylic oxidation sites excluding steroid dienone is 4. The molecule has 7 atom stereocenters. The quantitative estimate of drug-likeness (QED) is 0.437. The van der Waals surface area contributed by atoms with E-state index in [0.717, 1.165) is 44.9 Å². The molecule has 35 heavy (non-hydrogen) atoms. The van der Waals surface area contributed by atoms with Gasteiger partial charge in [-0.05, 0) is 90.9 Å². The minimum absolute atomic E-state index is 0.0185. The highest BCUT2D eigenvalue weighted by Gasteiger charge is 2.70. The molecule has 190 valence electrons. The fourth-order valence-electron chi connectivity index (χ4n) is 9.57. The van der Waals surface area contributed by atoms with Crippen molar-refractivity contribution >= 4 is 11.8 Å². The van der Waals surface area contributed by atoms with Crippen LogP contribution in [0.15, 0.2) is 23.0 Å². The average molecular weight is 480 g/mol. The van der Waals surface area contributed by atoms with Gasteiger partial charge in [0, 0.05) is 12.3 Å². The Bertz CT molecular complexity index is 1090. The Kier molecular flexibility index (Phi) is 5.25. The zero-order chi connectivity index (χ0) is 25.6. The number of methoxy groups -OCH3 is 1. The van der Waals surface area contributed by atoms with E-state index in [4.69, 9.17) is 4.74 Å². The number of fused-ring (bicyclic) bond motifs is 7. The van der Waals surface area contributed by atoms with Crippen LogP contribution in [0.2, 0.25) is 0 Å².